The second kappa shape index (κ2) is 6.17. The molecule has 1 saturated heterocycles. The van der Waals surface area contributed by atoms with E-state index in [1.165, 1.54) is 0 Å². The zero-order chi connectivity index (χ0) is 17.6. The van der Waals surface area contributed by atoms with Crippen molar-refractivity contribution in [3.8, 4) is 0 Å². The second-order valence-electron chi connectivity index (χ2n) is 7.22. The second-order valence-corrected chi connectivity index (χ2v) is 8.08. The minimum absolute atomic E-state index is 0.0247. The lowest BCUT2D eigenvalue weighted by atomic mass is 9.99. The molecule has 0 aromatic carbocycles. The summed E-state index contributed by atoms with van der Waals surface area (Å²) in [6.07, 6.45) is 3.14. The highest BCUT2D eigenvalue weighted by Crippen LogP contribution is 2.40. The number of rotatable bonds is 5. The van der Waals surface area contributed by atoms with Crippen molar-refractivity contribution in [1.82, 2.24) is 25.3 Å². The fourth-order valence-electron chi connectivity index (χ4n) is 3.49. The third kappa shape index (κ3) is 3.20. The molecule has 8 heteroatoms. The Bertz CT molecular complexity index is 784. The largest absolute Gasteiger partial charge is 0.343 e. The summed E-state index contributed by atoms with van der Waals surface area (Å²) >= 11 is 1.61. The molecule has 1 aliphatic carbocycles. The first-order chi connectivity index (χ1) is 12.0. The van der Waals surface area contributed by atoms with E-state index < -0.39 is 5.54 Å². The molecular formula is C17H23N5O2S. The van der Waals surface area contributed by atoms with Crippen LogP contribution in [0, 0.1) is 6.92 Å². The molecule has 134 valence electrons. The van der Waals surface area contributed by atoms with Crippen LogP contribution in [0.15, 0.2) is 9.90 Å². The van der Waals surface area contributed by atoms with E-state index in [0.717, 1.165) is 42.3 Å². The molecule has 2 fully saturated rings. The molecule has 7 nitrogen and oxygen atoms in total. The zero-order valence-corrected chi connectivity index (χ0v) is 15.6. The molecule has 1 aliphatic heterocycles. The van der Waals surface area contributed by atoms with E-state index in [1.54, 1.807) is 18.3 Å². The molecule has 1 saturated carbocycles. The highest BCUT2D eigenvalue weighted by molar-refractivity contribution is 7.09. The van der Waals surface area contributed by atoms with Crippen LogP contribution in [0.2, 0.25) is 0 Å². The number of nitrogens with one attached hydrogen (secondary N) is 1. The van der Waals surface area contributed by atoms with Crippen molar-refractivity contribution < 1.29 is 9.32 Å². The van der Waals surface area contributed by atoms with Gasteiger partial charge in [-0.3, -0.25) is 9.69 Å². The van der Waals surface area contributed by atoms with Crippen LogP contribution < -0.4 is 5.32 Å². The van der Waals surface area contributed by atoms with Gasteiger partial charge in [0.05, 0.1) is 6.04 Å². The summed E-state index contributed by atoms with van der Waals surface area (Å²) in [5, 5.41) is 10.3. The molecule has 0 spiro atoms. The third-order valence-electron chi connectivity index (χ3n) is 5.05. The van der Waals surface area contributed by atoms with E-state index in [0.29, 0.717) is 18.4 Å². The highest BCUT2D eigenvalue weighted by atomic mass is 32.1. The summed E-state index contributed by atoms with van der Waals surface area (Å²) in [5.74, 6) is 1.96. The lowest BCUT2D eigenvalue weighted by Gasteiger charge is -2.29. The molecule has 2 unspecified atom stereocenters. The highest BCUT2D eigenvalue weighted by Gasteiger charge is 2.45. The van der Waals surface area contributed by atoms with Crippen LogP contribution in [0.4, 0.5) is 0 Å². The van der Waals surface area contributed by atoms with E-state index in [1.807, 2.05) is 12.3 Å². The van der Waals surface area contributed by atoms with Crippen LogP contribution >= 0.6 is 11.3 Å². The summed E-state index contributed by atoms with van der Waals surface area (Å²) in [4.78, 5) is 23.3. The number of hydrogen-bond donors (Lipinski definition) is 1. The van der Waals surface area contributed by atoms with E-state index in [2.05, 4.69) is 32.3 Å². The van der Waals surface area contributed by atoms with Gasteiger partial charge in [-0.1, -0.05) is 5.16 Å². The Morgan fingerprint density at radius 1 is 1.48 bits per heavy atom. The number of carbonyl (C=O) groups excluding carboxylic acids is 1. The topological polar surface area (TPSA) is 84.2 Å². The number of nitrogens with zero attached hydrogens (tertiary/aromatic N) is 4. The van der Waals surface area contributed by atoms with Crippen LogP contribution in [0.25, 0.3) is 0 Å². The maximum absolute atomic E-state index is 11.8. The Labute approximate surface area is 150 Å². The van der Waals surface area contributed by atoms with Gasteiger partial charge in [-0.2, -0.15) is 4.98 Å². The third-order valence-corrected chi connectivity index (χ3v) is 6.21. The number of aromatic nitrogens is 3. The summed E-state index contributed by atoms with van der Waals surface area (Å²) < 4.78 is 5.50. The number of hydrogen-bond acceptors (Lipinski definition) is 7. The maximum atomic E-state index is 11.8. The minimum Gasteiger partial charge on any atom is -0.343 e. The molecule has 0 bridgehead atoms. The molecule has 4 rings (SSSR count). The minimum atomic E-state index is -0.432. The van der Waals surface area contributed by atoms with Gasteiger partial charge in [0.25, 0.3) is 0 Å². The lowest BCUT2D eigenvalue weighted by Crippen LogP contribution is -2.47. The molecule has 2 aromatic rings. The van der Waals surface area contributed by atoms with Crippen LogP contribution in [-0.4, -0.2) is 39.0 Å². The Morgan fingerprint density at radius 2 is 2.28 bits per heavy atom. The predicted molar refractivity (Wildman–Crippen MR) is 93.2 cm³/mol. The van der Waals surface area contributed by atoms with Crippen LogP contribution in [0.5, 0.6) is 0 Å². The van der Waals surface area contributed by atoms with Crippen LogP contribution in [0.3, 0.4) is 0 Å². The van der Waals surface area contributed by atoms with Crippen molar-refractivity contribution in [1.29, 1.82) is 0 Å². The van der Waals surface area contributed by atoms with Gasteiger partial charge in [0.2, 0.25) is 11.8 Å². The zero-order valence-electron chi connectivity index (χ0n) is 14.8. The van der Waals surface area contributed by atoms with Crippen LogP contribution in [0.1, 0.15) is 67.5 Å². The average molecular weight is 361 g/mol. The number of amides is 1. The summed E-state index contributed by atoms with van der Waals surface area (Å²) in [6, 6.07) is 0.0247. The molecule has 0 radical (unpaired) electrons. The van der Waals surface area contributed by atoms with E-state index in [4.69, 9.17) is 4.52 Å². The molecule has 2 aliphatic rings. The number of aryl methyl sites for hydroxylation is 1. The quantitative estimate of drug-likeness (QED) is 0.881. The van der Waals surface area contributed by atoms with Crippen molar-refractivity contribution in [2.75, 3.05) is 13.1 Å². The summed E-state index contributed by atoms with van der Waals surface area (Å²) in [6.45, 7) is 7.17. The van der Waals surface area contributed by atoms with Gasteiger partial charge in [0.15, 0.2) is 5.82 Å². The van der Waals surface area contributed by atoms with E-state index >= 15 is 0 Å². The molecule has 3 heterocycles. The molecule has 1 N–H and O–H groups in total. The molecule has 2 atom stereocenters. The van der Waals surface area contributed by atoms with Gasteiger partial charge in [0.1, 0.15) is 10.5 Å². The van der Waals surface area contributed by atoms with Gasteiger partial charge in [-0.15, -0.1) is 11.3 Å². The van der Waals surface area contributed by atoms with Gasteiger partial charge in [-0.25, -0.2) is 4.98 Å². The Kier molecular flexibility index (Phi) is 4.11. The van der Waals surface area contributed by atoms with Gasteiger partial charge >= 0.3 is 0 Å². The van der Waals surface area contributed by atoms with Gasteiger partial charge < -0.3 is 9.84 Å². The Morgan fingerprint density at radius 3 is 2.92 bits per heavy atom. The number of likely N-dealkylation sites (tertiary alicyclic amines) is 1. The predicted octanol–water partition coefficient (Wildman–Crippen LogP) is 2.51. The molecule has 1 amide bonds. The van der Waals surface area contributed by atoms with E-state index in [9.17, 15) is 4.79 Å². The number of carbonyl (C=O) groups is 1. The van der Waals surface area contributed by atoms with Gasteiger partial charge in [-0.05, 0) is 33.1 Å². The lowest BCUT2D eigenvalue weighted by molar-refractivity contribution is -0.120. The Balaban J connectivity index is 1.54. The van der Waals surface area contributed by atoms with Crippen molar-refractivity contribution in [3.05, 3.63) is 27.8 Å². The first-order valence-electron chi connectivity index (χ1n) is 8.76. The number of thiazole rings is 1. The smallest absolute Gasteiger partial charge is 0.243 e. The monoisotopic (exact) mass is 361 g/mol. The van der Waals surface area contributed by atoms with Crippen molar-refractivity contribution >= 4 is 17.2 Å². The summed E-state index contributed by atoms with van der Waals surface area (Å²) in [7, 11) is 0. The summed E-state index contributed by atoms with van der Waals surface area (Å²) in [5.41, 5.74) is 0.556. The van der Waals surface area contributed by atoms with Crippen LogP contribution in [-0.2, 0) is 10.3 Å². The van der Waals surface area contributed by atoms with Crippen molar-refractivity contribution in [2.45, 2.75) is 57.5 Å². The first-order valence-corrected chi connectivity index (χ1v) is 9.64. The van der Waals surface area contributed by atoms with Crippen molar-refractivity contribution in [2.24, 2.45) is 0 Å². The fourth-order valence-corrected chi connectivity index (χ4v) is 4.47. The fraction of sp³-hybridized carbons (Fsp3) is 0.647. The van der Waals surface area contributed by atoms with E-state index in [-0.39, 0.29) is 11.9 Å². The van der Waals surface area contributed by atoms with Gasteiger partial charge in [0, 0.05) is 37.0 Å². The normalized spacial score (nSPS) is 25.2. The molecule has 2 aromatic heterocycles. The molecular weight excluding hydrogens is 338 g/mol. The molecule has 25 heavy (non-hydrogen) atoms. The maximum Gasteiger partial charge on any atom is 0.243 e. The first kappa shape index (κ1) is 16.7. The SMILES string of the molecule is CC(=O)NC1(c2nc(C)cs2)CCN(C(C)c2nc(C3CC3)no2)C1. The average Bonchev–Trinajstić information content (AvgIpc) is 2.99. The Hall–Kier alpha value is -1.80. The standard InChI is InChI=1S/C17H23N5O2S/c1-10-8-25-16(18-10)17(20-12(3)23)6-7-22(9-17)11(2)15-19-14(21-24-15)13-4-5-13/h8,11,13H,4-7,9H2,1-3H3,(H,20,23). The van der Waals surface area contributed by atoms with Crippen molar-refractivity contribution in [3.63, 3.8) is 0 Å².